The summed E-state index contributed by atoms with van der Waals surface area (Å²) in [7, 11) is 1.25. The number of anilines is 1. The van der Waals surface area contributed by atoms with Crippen LogP contribution in [0.2, 0.25) is 0 Å². The molecule has 0 bridgehead atoms. The number of methoxy groups -OCH3 is 1. The lowest BCUT2D eigenvalue weighted by Gasteiger charge is -2.35. The summed E-state index contributed by atoms with van der Waals surface area (Å²) in [5, 5.41) is 11.4. The molecular formula is C14H17BrN2O4. The topological polar surface area (TPSA) is 72.7 Å². The van der Waals surface area contributed by atoms with Crippen molar-refractivity contribution in [2.45, 2.75) is 32.2 Å². The maximum absolute atomic E-state index is 11.6. The third-order valence-corrected chi connectivity index (χ3v) is 4.36. The predicted molar refractivity (Wildman–Crippen MR) is 82.8 cm³/mol. The first-order valence-electron chi connectivity index (χ1n) is 6.78. The Balaban J connectivity index is 2.54. The molecule has 1 aliphatic heterocycles. The highest BCUT2D eigenvalue weighted by Gasteiger charge is 2.29. The van der Waals surface area contributed by atoms with Crippen molar-refractivity contribution in [3.8, 4) is 0 Å². The quantitative estimate of drug-likeness (QED) is 0.470. The maximum atomic E-state index is 11.6. The summed E-state index contributed by atoms with van der Waals surface area (Å²) in [4.78, 5) is 24.6. The molecule has 114 valence electrons. The van der Waals surface area contributed by atoms with Gasteiger partial charge in [-0.25, -0.2) is 4.79 Å². The first-order valence-corrected chi connectivity index (χ1v) is 7.58. The molecule has 1 aromatic carbocycles. The number of rotatable bonds is 3. The van der Waals surface area contributed by atoms with E-state index < -0.39 is 10.9 Å². The summed E-state index contributed by atoms with van der Waals surface area (Å²) < 4.78 is 5.18. The Morgan fingerprint density at radius 3 is 2.76 bits per heavy atom. The highest BCUT2D eigenvalue weighted by molar-refractivity contribution is 9.10. The number of benzene rings is 1. The molecule has 6 nitrogen and oxygen atoms in total. The van der Waals surface area contributed by atoms with Gasteiger partial charge in [-0.15, -0.1) is 0 Å². The van der Waals surface area contributed by atoms with E-state index >= 15 is 0 Å². The summed E-state index contributed by atoms with van der Waals surface area (Å²) >= 11 is 3.37. The van der Waals surface area contributed by atoms with E-state index in [1.165, 1.54) is 13.2 Å². The lowest BCUT2D eigenvalue weighted by molar-refractivity contribution is -0.384. The molecule has 1 unspecified atom stereocenters. The van der Waals surface area contributed by atoms with Crippen LogP contribution in [0, 0.1) is 10.1 Å². The summed E-state index contributed by atoms with van der Waals surface area (Å²) in [5.74, 6) is -0.586. The minimum absolute atomic E-state index is 0.0708. The molecule has 1 fully saturated rings. The molecule has 0 saturated carbocycles. The zero-order valence-electron chi connectivity index (χ0n) is 12.0. The Bertz CT molecular complexity index is 576. The highest BCUT2D eigenvalue weighted by Crippen LogP contribution is 2.40. The molecule has 21 heavy (non-hydrogen) atoms. The normalized spacial score (nSPS) is 18.4. The van der Waals surface area contributed by atoms with E-state index in [0.29, 0.717) is 10.2 Å². The van der Waals surface area contributed by atoms with Crippen molar-refractivity contribution in [1.29, 1.82) is 0 Å². The molecular weight excluding hydrogens is 340 g/mol. The van der Waals surface area contributed by atoms with E-state index in [9.17, 15) is 14.9 Å². The van der Waals surface area contributed by atoms with Crippen molar-refractivity contribution in [1.82, 2.24) is 0 Å². The van der Waals surface area contributed by atoms with Crippen LogP contribution in [0.5, 0.6) is 0 Å². The van der Waals surface area contributed by atoms with Gasteiger partial charge in [0, 0.05) is 23.1 Å². The van der Waals surface area contributed by atoms with Gasteiger partial charge in [-0.05, 0) is 48.2 Å². The molecule has 1 aliphatic rings. The van der Waals surface area contributed by atoms with Gasteiger partial charge in [-0.2, -0.15) is 0 Å². The zero-order chi connectivity index (χ0) is 15.6. The molecule has 1 heterocycles. The Morgan fingerprint density at radius 1 is 1.48 bits per heavy atom. The standard InChI is InChI=1S/C14H17BrN2O4/c1-9-5-3-4-6-16(9)13-11(15)7-10(14(18)21-2)8-12(13)17(19)20/h7-9H,3-6H2,1-2H3. The van der Waals surface area contributed by atoms with Gasteiger partial charge in [-0.3, -0.25) is 10.1 Å². The SMILES string of the molecule is COC(=O)c1cc(Br)c(N2CCCCC2C)c([N+](=O)[O-])c1. The van der Waals surface area contributed by atoms with Crippen LogP contribution in [0.25, 0.3) is 0 Å². The van der Waals surface area contributed by atoms with Crippen molar-refractivity contribution < 1.29 is 14.5 Å². The summed E-state index contributed by atoms with van der Waals surface area (Å²) in [6, 6.07) is 3.10. The number of carbonyl (C=O) groups is 1. The number of ether oxygens (including phenoxy) is 1. The van der Waals surface area contributed by atoms with Gasteiger partial charge in [0.05, 0.1) is 17.6 Å². The lowest BCUT2D eigenvalue weighted by Crippen LogP contribution is -2.38. The third-order valence-electron chi connectivity index (χ3n) is 3.75. The number of hydrogen-bond acceptors (Lipinski definition) is 5. The molecule has 1 saturated heterocycles. The van der Waals surface area contributed by atoms with Gasteiger partial charge in [-0.1, -0.05) is 0 Å². The molecule has 0 N–H and O–H groups in total. The van der Waals surface area contributed by atoms with Crippen LogP contribution in [0.1, 0.15) is 36.5 Å². The molecule has 0 amide bonds. The van der Waals surface area contributed by atoms with E-state index in [-0.39, 0.29) is 17.3 Å². The lowest BCUT2D eigenvalue weighted by atomic mass is 10.0. The van der Waals surface area contributed by atoms with E-state index in [1.807, 2.05) is 4.90 Å². The average molecular weight is 357 g/mol. The van der Waals surface area contributed by atoms with Crippen molar-refractivity contribution in [2.24, 2.45) is 0 Å². The van der Waals surface area contributed by atoms with Crippen LogP contribution in [-0.4, -0.2) is 30.6 Å². The fourth-order valence-corrected chi connectivity index (χ4v) is 3.35. The van der Waals surface area contributed by atoms with Crippen LogP contribution in [-0.2, 0) is 4.74 Å². The second-order valence-electron chi connectivity index (χ2n) is 5.11. The van der Waals surface area contributed by atoms with Gasteiger partial charge in [0.15, 0.2) is 0 Å². The Labute approximate surface area is 131 Å². The largest absolute Gasteiger partial charge is 0.465 e. The summed E-state index contributed by atoms with van der Waals surface area (Å²) in [6.07, 6.45) is 3.14. The number of nitro groups is 1. The zero-order valence-corrected chi connectivity index (χ0v) is 13.6. The number of nitro benzene ring substituents is 1. The van der Waals surface area contributed by atoms with Crippen LogP contribution in [0.15, 0.2) is 16.6 Å². The van der Waals surface area contributed by atoms with Gasteiger partial charge >= 0.3 is 5.97 Å². The van der Waals surface area contributed by atoms with E-state index in [2.05, 4.69) is 27.6 Å². The highest BCUT2D eigenvalue weighted by atomic mass is 79.9. The van der Waals surface area contributed by atoms with Crippen LogP contribution in [0.3, 0.4) is 0 Å². The second kappa shape index (κ2) is 6.43. The van der Waals surface area contributed by atoms with Gasteiger partial charge < -0.3 is 9.64 Å². The van der Waals surface area contributed by atoms with Crippen molar-refractivity contribution >= 4 is 33.3 Å². The molecule has 1 atom stereocenters. The van der Waals surface area contributed by atoms with Crippen LogP contribution < -0.4 is 4.90 Å². The minimum atomic E-state index is -0.586. The third kappa shape index (κ3) is 3.18. The molecule has 1 aromatic rings. The summed E-state index contributed by atoms with van der Waals surface area (Å²) in [6.45, 7) is 2.84. The number of nitrogens with zero attached hydrogens (tertiary/aromatic N) is 2. The van der Waals surface area contributed by atoms with E-state index in [4.69, 9.17) is 0 Å². The van der Waals surface area contributed by atoms with Crippen molar-refractivity contribution in [3.63, 3.8) is 0 Å². The number of halogens is 1. The minimum Gasteiger partial charge on any atom is -0.465 e. The number of carbonyl (C=O) groups excluding carboxylic acids is 1. The van der Waals surface area contributed by atoms with Gasteiger partial charge in [0.1, 0.15) is 5.69 Å². The molecule has 0 aliphatic carbocycles. The van der Waals surface area contributed by atoms with Crippen LogP contribution in [0.4, 0.5) is 11.4 Å². The van der Waals surface area contributed by atoms with E-state index in [1.54, 1.807) is 6.07 Å². The van der Waals surface area contributed by atoms with Gasteiger partial charge in [0.2, 0.25) is 0 Å². The Hall–Kier alpha value is -1.63. The maximum Gasteiger partial charge on any atom is 0.338 e. The molecule has 0 radical (unpaired) electrons. The number of hydrogen-bond donors (Lipinski definition) is 0. The molecule has 7 heteroatoms. The number of piperidine rings is 1. The van der Waals surface area contributed by atoms with Crippen molar-refractivity contribution in [2.75, 3.05) is 18.6 Å². The molecule has 0 spiro atoms. The van der Waals surface area contributed by atoms with Crippen LogP contribution >= 0.6 is 15.9 Å². The first-order chi connectivity index (χ1) is 9.95. The van der Waals surface area contributed by atoms with Crippen molar-refractivity contribution in [3.05, 3.63) is 32.3 Å². The monoisotopic (exact) mass is 356 g/mol. The smallest absolute Gasteiger partial charge is 0.338 e. The number of esters is 1. The fourth-order valence-electron chi connectivity index (χ4n) is 2.67. The second-order valence-corrected chi connectivity index (χ2v) is 5.97. The van der Waals surface area contributed by atoms with E-state index in [0.717, 1.165) is 25.8 Å². The summed E-state index contributed by atoms with van der Waals surface area (Å²) in [5.41, 5.74) is 0.642. The molecule has 0 aromatic heterocycles. The fraction of sp³-hybridized carbons (Fsp3) is 0.500. The Morgan fingerprint density at radius 2 is 2.19 bits per heavy atom. The predicted octanol–water partition coefficient (Wildman–Crippen LogP) is 3.52. The Kier molecular flexibility index (Phi) is 4.82. The van der Waals surface area contributed by atoms with Gasteiger partial charge in [0.25, 0.3) is 5.69 Å². The average Bonchev–Trinajstić information content (AvgIpc) is 2.46. The first kappa shape index (κ1) is 15.8. The molecule has 2 rings (SSSR count).